The van der Waals surface area contributed by atoms with Crippen LogP contribution in [0.15, 0.2) is 42.5 Å². The molecule has 0 saturated heterocycles. The summed E-state index contributed by atoms with van der Waals surface area (Å²) in [5.41, 5.74) is 1.17. The maximum Gasteiger partial charge on any atom is 0.144 e. The van der Waals surface area contributed by atoms with Crippen LogP contribution in [0.4, 0.5) is 14.5 Å². The first-order valence-electron chi connectivity index (χ1n) is 5.51. The number of methoxy groups -OCH3 is 1. The Morgan fingerprint density at radius 1 is 1.11 bits per heavy atom. The molecular formula is C14H13F2NO. The SMILES string of the molecule is COc1cc(F)ccc1NCc1ccccc1F. The molecule has 0 aliphatic rings. The number of rotatable bonds is 4. The van der Waals surface area contributed by atoms with E-state index >= 15 is 0 Å². The molecule has 0 atom stereocenters. The van der Waals surface area contributed by atoms with Crippen molar-refractivity contribution in [3.8, 4) is 5.75 Å². The summed E-state index contributed by atoms with van der Waals surface area (Å²) in [5, 5.41) is 3.02. The minimum atomic E-state index is -0.372. The van der Waals surface area contributed by atoms with Gasteiger partial charge in [0.15, 0.2) is 0 Å². The first-order valence-corrected chi connectivity index (χ1v) is 5.51. The van der Waals surface area contributed by atoms with Gasteiger partial charge in [-0.3, -0.25) is 0 Å². The van der Waals surface area contributed by atoms with Crippen molar-refractivity contribution >= 4 is 5.69 Å². The van der Waals surface area contributed by atoms with Gasteiger partial charge in [0.05, 0.1) is 12.8 Å². The van der Waals surface area contributed by atoms with Gasteiger partial charge in [-0.25, -0.2) is 8.78 Å². The molecule has 2 nitrogen and oxygen atoms in total. The van der Waals surface area contributed by atoms with Crippen molar-refractivity contribution < 1.29 is 13.5 Å². The highest BCUT2D eigenvalue weighted by molar-refractivity contribution is 5.56. The molecule has 2 aromatic carbocycles. The van der Waals surface area contributed by atoms with Gasteiger partial charge in [0.1, 0.15) is 17.4 Å². The average molecular weight is 249 g/mol. The molecule has 0 aliphatic carbocycles. The summed E-state index contributed by atoms with van der Waals surface area (Å²) in [6.45, 7) is 0.314. The number of ether oxygens (including phenoxy) is 1. The second-order valence-corrected chi connectivity index (χ2v) is 3.79. The van der Waals surface area contributed by atoms with Crippen molar-refractivity contribution in [3.63, 3.8) is 0 Å². The molecule has 0 amide bonds. The number of halogens is 2. The van der Waals surface area contributed by atoms with Crippen molar-refractivity contribution in [3.05, 3.63) is 59.7 Å². The molecule has 0 fully saturated rings. The third-order valence-electron chi connectivity index (χ3n) is 2.59. The molecule has 0 aliphatic heterocycles. The Morgan fingerprint density at radius 3 is 2.61 bits per heavy atom. The molecule has 2 rings (SSSR count). The van der Waals surface area contributed by atoms with Crippen molar-refractivity contribution in [1.29, 1.82) is 0 Å². The standard InChI is InChI=1S/C14H13F2NO/c1-18-14-8-11(15)6-7-13(14)17-9-10-4-2-3-5-12(10)16/h2-8,17H,9H2,1H3. The highest BCUT2D eigenvalue weighted by atomic mass is 19.1. The summed E-state index contributed by atoms with van der Waals surface area (Å²) in [7, 11) is 1.46. The van der Waals surface area contributed by atoms with Crippen molar-refractivity contribution in [1.82, 2.24) is 0 Å². The van der Waals surface area contributed by atoms with E-state index in [-0.39, 0.29) is 11.6 Å². The lowest BCUT2D eigenvalue weighted by atomic mass is 10.2. The quantitative estimate of drug-likeness (QED) is 0.894. The predicted molar refractivity (Wildman–Crippen MR) is 66.7 cm³/mol. The highest BCUT2D eigenvalue weighted by Crippen LogP contribution is 2.25. The summed E-state index contributed by atoms with van der Waals surface area (Å²) in [4.78, 5) is 0. The van der Waals surface area contributed by atoms with E-state index in [2.05, 4.69) is 5.32 Å². The third-order valence-corrected chi connectivity index (χ3v) is 2.59. The number of nitrogens with one attached hydrogen (secondary N) is 1. The zero-order chi connectivity index (χ0) is 13.0. The van der Waals surface area contributed by atoms with Crippen LogP contribution in [0.1, 0.15) is 5.56 Å². The van der Waals surface area contributed by atoms with Gasteiger partial charge in [-0.05, 0) is 18.2 Å². The number of anilines is 1. The van der Waals surface area contributed by atoms with Crippen LogP contribution in [0.25, 0.3) is 0 Å². The Hall–Kier alpha value is -2.10. The van der Waals surface area contributed by atoms with Crippen molar-refractivity contribution in [2.75, 3.05) is 12.4 Å². The number of hydrogen-bond acceptors (Lipinski definition) is 2. The van der Waals surface area contributed by atoms with Crippen LogP contribution in [0.2, 0.25) is 0 Å². The van der Waals surface area contributed by atoms with Gasteiger partial charge in [-0.15, -0.1) is 0 Å². The summed E-state index contributed by atoms with van der Waals surface area (Å²) >= 11 is 0. The Bertz CT molecular complexity index is 543. The van der Waals surface area contributed by atoms with Crippen molar-refractivity contribution in [2.24, 2.45) is 0 Å². The zero-order valence-electron chi connectivity index (χ0n) is 9.91. The Balaban J connectivity index is 2.13. The summed E-state index contributed by atoms with van der Waals surface area (Å²) < 4.78 is 31.4. The first-order chi connectivity index (χ1) is 8.70. The molecule has 18 heavy (non-hydrogen) atoms. The molecule has 94 valence electrons. The Labute approximate surface area is 104 Å². The zero-order valence-corrected chi connectivity index (χ0v) is 9.91. The van der Waals surface area contributed by atoms with E-state index in [0.29, 0.717) is 23.5 Å². The van der Waals surface area contributed by atoms with Crippen LogP contribution < -0.4 is 10.1 Å². The minimum absolute atomic E-state index is 0.272. The van der Waals surface area contributed by atoms with Crippen LogP contribution in [-0.2, 0) is 6.54 Å². The van der Waals surface area contributed by atoms with Crippen molar-refractivity contribution in [2.45, 2.75) is 6.54 Å². The Kier molecular flexibility index (Phi) is 3.77. The molecule has 0 unspecified atom stereocenters. The highest BCUT2D eigenvalue weighted by Gasteiger charge is 2.05. The molecule has 2 aromatic rings. The minimum Gasteiger partial charge on any atom is -0.494 e. The van der Waals surface area contributed by atoms with Gasteiger partial charge in [-0.1, -0.05) is 18.2 Å². The molecule has 0 aromatic heterocycles. The van der Waals surface area contributed by atoms with E-state index in [1.165, 1.54) is 25.3 Å². The number of benzene rings is 2. The maximum atomic E-state index is 13.4. The lowest BCUT2D eigenvalue weighted by molar-refractivity contribution is 0.413. The second kappa shape index (κ2) is 5.49. The van der Waals surface area contributed by atoms with Gasteiger partial charge in [0.25, 0.3) is 0 Å². The summed E-state index contributed by atoms with van der Waals surface area (Å²) in [6, 6.07) is 10.7. The van der Waals surface area contributed by atoms with E-state index in [4.69, 9.17) is 4.74 Å². The van der Waals surface area contributed by atoms with Gasteiger partial charge in [-0.2, -0.15) is 0 Å². The third kappa shape index (κ3) is 2.77. The van der Waals surface area contributed by atoms with E-state index in [1.807, 2.05) is 0 Å². The monoisotopic (exact) mass is 249 g/mol. The largest absolute Gasteiger partial charge is 0.494 e. The van der Waals surface area contributed by atoms with Gasteiger partial charge in [0.2, 0.25) is 0 Å². The normalized spacial score (nSPS) is 10.2. The summed E-state index contributed by atoms with van der Waals surface area (Å²) in [6.07, 6.45) is 0. The molecule has 0 saturated carbocycles. The fourth-order valence-corrected chi connectivity index (χ4v) is 1.64. The first kappa shape index (κ1) is 12.4. The fourth-order valence-electron chi connectivity index (χ4n) is 1.64. The molecule has 0 heterocycles. The van der Waals surface area contributed by atoms with Crippen LogP contribution in [0.3, 0.4) is 0 Å². The number of hydrogen-bond donors (Lipinski definition) is 1. The smallest absolute Gasteiger partial charge is 0.144 e. The Morgan fingerprint density at radius 2 is 1.89 bits per heavy atom. The maximum absolute atomic E-state index is 13.4. The second-order valence-electron chi connectivity index (χ2n) is 3.79. The van der Waals surface area contributed by atoms with E-state index < -0.39 is 0 Å². The predicted octanol–water partition coefficient (Wildman–Crippen LogP) is 3.59. The summed E-state index contributed by atoms with van der Waals surface area (Å²) in [5.74, 6) is -0.249. The van der Waals surface area contributed by atoms with Gasteiger partial charge >= 0.3 is 0 Å². The lowest BCUT2D eigenvalue weighted by Crippen LogP contribution is -2.03. The molecule has 0 bridgehead atoms. The van der Waals surface area contributed by atoms with Gasteiger partial charge < -0.3 is 10.1 Å². The van der Waals surface area contributed by atoms with E-state index in [0.717, 1.165) is 0 Å². The van der Waals surface area contributed by atoms with Gasteiger partial charge in [0, 0.05) is 18.2 Å². The van der Waals surface area contributed by atoms with E-state index in [9.17, 15) is 8.78 Å². The molecule has 0 spiro atoms. The average Bonchev–Trinajstić information content (AvgIpc) is 2.39. The fraction of sp³-hybridized carbons (Fsp3) is 0.143. The van der Waals surface area contributed by atoms with E-state index in [1.54, 1.807) is 24.3 Å². The molecular weight excluding hydrogens is 236 g/mol. The molecule has 0 radical (unpaired) electrons. The van der Waals surface area contributed by atoms with Crippen LogP contribution in [-0.4, -0.2) is 7.11 Å². The van der Waals surface area contributed by atoms with Crippen LogP contribution >= 0.6 is 0 Å². The molecule has 1 N–H and O–H groups in total. The topological polar surface area (TPSA) is 21.3 Å². The molecule has 4 heteroatoms. The lowest BCUT2D eigenvalue weighted by Gasteiger charge is -2.11. The van der Waals surface area contributed by atoms with Crippen LogP contribution in [0, 0.1) is 11.6 Å². The van der Waals surface area contributed by atoms with Crippen LogP contribution in [0.5, 0.6) is 5.75 Å².